The molecule has 2 heterocycles. The second-order valence-electron chi connectivity index (χ2n) is 5.35. The lowest BCUT2D eigenvalue weighted by atomic mass is 9.89. The van der Waals surface area contributed by atoms with Gasteiger partial charge in [-0.05, 0) is 19.1 Å². The van der Waals surface area contributed by atoms with Crippen LogP contribution in [0.3, 0.4) is 0 Å². The highest BCUT2D eigenvalue weighted by molar-refractivity contribution is 6.12. The summed E-state index contributed by atoms with van der Waals surface area (Å²) in [6.45, 7) is 1.79. The van der Waals surface area contributed by atoms with Crippen molar-refractivity contribution < 1.29 is 36.6 Å². The number of benzene rings is 1. The molecule has 4 nitrogen and oxygen atoms in total. The van der Waals surface area contributed by atoms with E-state index in [-0.39, 0.29) is 24.3 Å². The van der Waals surface area contributed by atoms with Crippen LogP contribution in [0, 0.1) is 0 Å². The smallest absolute Gasteiger partial charge is 0.427 e. The van der Waals surface area contributed by atoms with Crippen molar-refractivity contribution in [1.29, 1.82) is 0 Å². The van der Waals surface area contributed by atoms with Crippen LogP contribution in [-0.4, -0.2) is 37.1 Å². The molecule has 1 aromatic rings. The third-order valence-electron chi connectivity index (χ3n) is 3.77. The SMILES string of the molecule is CCO[C@H]1C[C@H]2Oc3ccccc3C(=O)C2=C(C(F)C(F)(F)F)O1. The lowest BCUT2D eigenvalue weighted by Crippen LogP contribution is -2.44. The number of ketones is 1. The van der Waals surface area contributed by atoms with E-state index in [0.29, 0.717) is 0 Å². The number of halogens is 4. The Balaban J connectivity index is 2.09. The zero-order valence-electron chi connectivity index (χ0n) is 12.6. The summed E-state index contributed by atoms with van der Waals surface area (Å²) in [5.74, 6) is -1.55. The molecule has 0 amide bonds. The number of rotatable bonds is 3. The predicted molar refractivity (Wildman–Crippen MR) is 74.3 cm³/mol. The molecule has 0 bridgehead atoms. The van der Waals surface area contributed by atoms with Gasteiger partial charge in [-0.2, -0.15) is 13.2 Å². The first-order chi connectivity index (χ1) is 11.3. The van der Waals surface area contributed by atoms with Crippen molar-refractivity contribution >= 4 is 5.78 Å². The van der Waals surface area contributed by atoms with Crippen molar-refractivity contribution in [3.05, 3.63) is 41.2 Å². The van der Waals surface area contributed by atoms with E-state index in [1.807, 2.05) is 0 Å². The topological polar surface area (TPSA) is 44.8 Å². The van der Waals surface area contributed by atoms with Gasteiger partial charge in [0.15, 0.2) is 11.5 Å². The summed E-state index contributed by atoms with van der Waals surface area (Å²) in [7, 11) is 0. The molecule has 1 aromatic carbocycles. The summed E-state index contributed by atoms with van der Waals surface area (Å²) in [6, 6.07) is 6.12. The monoisotopic (exact) mass is 346 g/mol. The van der Waals surface area contributed by atoms with Crippen LogP contribution in [0.4, 0.5) is 17.6 Å². The van der Waals surface area contributed by atoms with Crippen LogP contribution in [0.2, 0.25) is 0 Å². The van der Waals surface area contributed by atoms with Gasteiger partial charge in [0.05, 0.1) is 17.6 Å². The van der Waals surface area contributed by atoms with E-state index in [0.717, 1.165) is 0 Å². The van der Waals surface area contributed by atoms with Gasteiger partial charge in [0.2, 0.25) is 6.29 Å². The maximum Gasteiger partial charge on any atom is 0.427 e. The first-order valence-electron chi connectivity index (χ1n) is 7.36. The third-order valence-corrected chi connectivity index (χ3v) is 3.77. The number of carbonyl (C=O) groups is 1. The zero-order valence-corrected chi connectivity index (χ0v) is 12.6. The van der Waals surface area contributed by atoms with Crippen molar-refractivity contribution in [3.63, 3.8) is 0 Å². The zero-order chi connectivity index (χ0) is 17.5. The van der Waals surface area contributed by atoms with Gasteiger partial charge in [-0.3, -0.25) is 4.79 Å². The first-order valence-corrected chi connectivity index (χ1v) is 7.36. The Morgan fingerprint density at radius 1 is 1.29 bits per heavy atom. The van der Waals surface area contributed by atoms with Gasteiger partial charge in [-0.1, -0.05) is 12.1 Å². The fraction of sp³-hybridized carbons (Fsp3) is 0.438. The second-order valence-corrected chi connectivity index (χ2v) is 5.35. The summed E-state index contributed by atoms with van der Waals surface area (Å²) in [5, 5.41) is 0. The minimum atomic E-state index is -5.20. The molecule has 0 saturated carbocycles. The molecule has 0 aliphatic carbocycles. The van der Waals surface area contributed by atoms with Crippen molar-refractivity contribution in [2.45, 2.75) is 38.1 Å². The number of Topliss-reactive ketones (excluding diaryl/α,β-unsaturated/α-hetero) is 1. The Kier molecular flexibility index (Phi) is 4.25. The molecule has 24 heavy (non-hydrogen) atoms. The molecule has 0 spiro atoms. The number of hydrogen-bond acceptors (Lipinski definition) is 4. The van der Waals surface area contributed by atoms with E-state index >= 15 is 0 Å². The molecule has 1 unspecified atom stereocenters. The Morgan fingerprint density at radius 3 is 2.67 bits per heavy atom. The quantitative estimate of drug-likeness (QED) is 0.785. The summed E-state index contributed by atoms with van der Waals surface area (Å²) in [5.41, 5.74) is -0.358. The molecule has 0 saturated heterocycles. The molecule has 0 N–H and O–H groups in total. The number of carbonyl (C=O) groups excluding carboxylic acids is 1. The maximum absolute atomic E-state index is 14.0. The highest BCUT2D eigenvalue weighted by Crippen LogP contribution is 2.41. The number of para-hydroxylation sites is 1. The van der Waals surface area contributed by atoms with Crippen LogP contribution in [0.25, 0.3) is 0 Å². The van der Waals surface area contributed by atoms with Gasteiger partial charge in [0.1, 0.15) is 11.9 Å². The number of hydrogen-bond donors (Lipinski definition) is 0. The molecular weight excluding hydrogens is 332 g/mol. The Labute approximate surface area is 135 Å². The summed E-state index contributed by atoms with van der Waals surface area (Å²) >= 11 is 0. The Morgan fingerprint density at radius 2 is 2.00 bits per heavy atom. The van der Waals surface area contributed by atoms with Gasteiger partial charge in [0.25, 0.3) is 6.17 Å². The average molecular weight is 346 g/mol. The lowest BCUT2D eigenvalue weighted by Gasteiger charge is -2.37. The standard InChI is InChI=1S/C16H14F4O4/c1-2-22-11-7-10-12(14(24-11)15(17)16(18,19)20)13(21)8-5-3-4-6-9(8)23-10/h3-6,10-11,15H,2,7H2,1H3/t10-,11-,15?/m1/s1. The largest absolute Gasteiger partial charge is 0.484 e. The van der Waals surface area contributed by atoms with Gasteiger partial charge in [0, 0.05) is 6.61 Å². The van der Waals surface area contributed by atoms with Gasteiger partial charge in [-0.25, -0.2) is 4.39 Å². The molecule has 2 aliphatic heterocycles. The summed E-state index contributed by atoms with van der Waals surface area (Å²) in [6.07, 6.45) is -10.8. The fourth-order valence-electron chi connectivity index (χ4n) is 2.76. The molecular formula is C16H14F4O4. The minimum Gasteiger partial charge on any atom is -0.484 e. The summed E-state index contributed by atoms with van der Waals surface area (Å²) in [4.78, 5) is 12.6. The number of fused-ring (bicyclic) bond motifs is 2. The van der Waals surface area contributed by atoms with E-state index in [2.05, 4.69) is 0 Å². The van der Waals surface area contributed by atoms with E-state index in [1.165, 1.54) is 12.1 Å². The highest BCUT2D eigenvalue weighted by Gasteiger charge is 2.51. The van der Waals surface area contributed by atoms with E-state index in [9.17, 15) is 22.4 Å². The molecule has 0 aromatic heterocycles. The van der Waals surface area contributed by atoms with Crippen molar-refractivity contribution in [1.82, 2.24) is 0 Å². The number of alkyl halides is 4. The molecule has 130 valence electrons. The molecule has 2 aliphatic rings. The molecule has 8 heteroatoms. The van der Waals surface area contributed by atoms with E-state index in [4.69, 9.17) is 14.2 Å². The Bertz CT molecular complexity index is 683. The number of allylic oxidation sites excluding steroid dienone is 1. The normalized spacial score (nSPS) is 24.6. The van der Waals surface area contributed by atoms with Crippen LogP contribution in [0.15, 0.2) is 35.6 Å². The maximum atomic E-state index is 14.0. The molecule has 3 rings (SSSR count). The summed E-state index contributed by atoms with van der Waals surface area (Å²) < 4.78 is 68.3. The second kappa shape index (κ2) is 6.08. The van der Waals surface area contributed by atoms with Crippen LogP contribution in [0.5, 0.6) is 5.75 Å². The van der Waals surface area contributed by atoms with Crippen molar-refractivity contribution in [3.8, 4) is 5.75 Å². The first kappa shape index (κ1) is 16.8. The van der Waals surface area contributed by atoms with Crippen LogP contribution >= 0.6 is 0 Å². The molecule has 0 fully saturated rings. The van der Waals surface area contributed by atoms with Crippen LogP contribution < -0.4 is 4.74 Å². The highest BCUT2D eigenvalue weighted by atomic mass is 19.4. The lowest BCUT2D eigenvalue weighted by molar-refractivity contribution is -0.202. The predicted octanol–water partition coefficient (Wildman–Crippen LogP) is 3.57. The van der Waals surface area contributed by atoms with Crippen molar-refractivity contribution in [2.24, 2.45) is 0 Å². The molecule has 0 radical (unpaired) electrons. The van der Waals surface area contributed by atoms with E-state index in [1.54, 1.807) is 19.1 Å². The molecule has 3 atom stereocenters. The van der Waals surface area contributed by atoms with Crippen LogP contribution in [-0.2, 0) is 9.47 Å². The van der Waals surface area contributed by atoms with Gasteiger partial charge < -0.3 is 14.2 Å². The Hall–Kier alpha value is -2.09. The van der Waals surface area contributed by atoms with E-state index < -0.39 is 41.9 Å². The third kappa shape index (κ3) is 2.86. The van der Waals surface area contributed by atoms with Crippen molar-refractivity contribution in [2.75, 3.05) is 6.61 Å². The van der Waals surface area contributed by atoms with Gasteiger partial charge >= 0.3 is 6.18 Å². The average Bonchev–Trinajstić information content (AvgIpc) is 2.53. The number of ether oxygens (including phenoxy) is 3. The fourth-order valence-corrected chi connectivity index (χ4v) is 2.76. The van der Waals surface area contributed by atoms with Gasteiger partial charge in [-0.15, -0.1) is 0 Å². The minimum absolute atomic E-state index is 0.00265. The van der Waals surface area contributed by atoms with Crippen LogP contribution in [0.1, 0.15) is 23.7 Å².